The number of aryl methyl sites for hydroxylation is 2. The number of hydrogen-bond acceptors (Lipinski definition) is 4. The molecule has 0 spiro atoms. The van der Waals surface area contributed by atoms with Crippen LogP contribution in [0.5, 0.6) is 0 Å². The topological polar surface area (TPSA) is 67.6 Å². The molecule has 100 valence electrons. The summed E-state index contributed by atoms with van der Waals surface area (Å²) in [4.78, 5) is 13.8. The Kier molecular flexibility index (Phi) is 3.86. The normalized spacial score (nSPS) is 17.6. The van der Waals surface area contributed by atoms with Crippen LogP contribution in [-0.2, 0) is 4.74 Å². The molecule has 1 atom stereocenters. The van der Waals surface area contributed by atoms with E-state index < -0.39 is 0 Å². The highest BCUT2D eigenvalue weighted by Crippen LogP contribution is 2.21. The molecular formula is C12H19N3O3. The van der Waals surface area contributed by atoms with Crippen molar-refractivity contribution in [1.82, 2.24) is 15.4 Å². The van der Waals surface area contributed by atoms with Gasteiger partial charge in [-0.15, -0.1) is 0 Å². The summed E-state index contributed by atoms with van der Waals surface area (Å²) in [6.45, 7) is 8.15. The number of carbonyl (C=O) groups is 1. The van der Waals surface area contributed by atoms with Gasteiger partial charge in [0, 0.05) is 18.7 Å². The van der Waals surface area contributed by atoms with Crippen LogP contribution in [0.3, 0.4) is 0 Å². The van der Waals surface area contributed by atoms with E-state index in [1.165, 1.54) is 0 Å². The quantitative estimate of drug-likeness (QED) is 0.865. The minimum Gasteiger partial charge on any atom is -0.378 e. The Morgan fingerprint density at radius 1 is 1.39 bits per heavy atom. The second-order valence-corrected chi connectivity index (χ2v) is 4.51. The smallest absolute Gasteiger partial charge is 0.318 e. The van der Waals surface area contributed by atoms with Crippen LogP contribution in [0.4, 0.5) is 4.79 Å². The van der Waals surface area contributed by atoms with Crippen LogP contribution in [0.2, 0.25) is 0 Å². The van der Waals surface area contributed by atoms with Gasteiger partial charge in [-0.25, -0.2) is 4.79 Å². The van der Waals surface area contributed by atoms with E-state index in [2.05, 4.69) is 10.5 Å². The van der Waals surface area contributed by atoms with Gasteiger partial charge in [0.25, 0.3) is 0 Å². The monoisotopic (exact) mass is 253 g/mol. The largest absolute Gasteiger partial charge is 0.378 e. The van der Waals surface area contributed by atoms with E-state index in [1.807, 2.05) is 20.8 Å². The van der Waals surface area contributed by atoms with Crippen LogP contribution >= 0.6 is 0 Å². The summed E-state index contributed by atoms with van der Waals surface area (Å²) in [6, 6.07) is -0.169. The highest BCUT2D eigenvalue weighted by atomic mass is 16.5. The van der Waals surface area contributed by atoms with E-state index >= 15 is 0 Å². The van der Waals surface area contributed by atoms with Gasteiger partial charge in [-0.2, -0.15) is 0 Å². The third kappa shape index (κ3) is 2.64. The Morgan fingerprint density at radius 3 is 2.61 bits per heavy atom. The van der Waals surface area contributed by atoms with Gasteiger partial charge in [0.1, 0.15) is 5.76 Å². The highest BCUT2D eigenvalue weighted by molar-refractivity contribution is 5.74. The molecule has 2 heterocycles. The van der Waals surface area contributed by atoms with E-state index in [9.17, 15) is 4.79 Å². The van der Waals surface area contributed by atoms with Gasteiger partial charge in [-0.05, 0) is 20.8 Å². The lowest BCUT2D eigenvalue weighted by Gasteiger charge is -2.28. The maximum absolute atomic E-state index is 12.0. The van der Waals surface area contributed by atoms with Crippen LogP contribution in [0.15, 0.2) is 4.52 Å². The molecule has 1 aliphatic rings. The van der Waals surface area contributed by atoms with Crippen molar-refractivity contribution in [3.05, 3.63) is 17.0 Å². The molecule has 0 aromatic carbocycles. The van der Waals surface area contributed by atoms with Crippen molar-refractivity contribution in [2.45, 2.75) is 26.8 Å². The lowest BCUT2D eigenvalue weighted by atomic mass is 10.1. The first-order valence-corrected chi connectivity index (χ1v) is 6.15. The molecule has 1 fully saturated rings. The predicted molar refractivity (Wildman–Crippen MR) is 65.3 cm³/mol. The number of rotatable bonds is 2. The molecule has 0 radical (unpaired) electrons. The maximum atomic E-state index is 12.0. The lowest BCUT2D eigenvalue weighted by molar-refractivity contribution is 0.0526. The van der Waals surface area contributed by atoms with E-state index in [4.69, 9.17) is 9.26 Å². The van der Waals surface area contributed by atoms with Crippen LogP contribution in [0, 0.1) is 13.8 Å². The summed E-state index contributed by atoms with van der Waals surface area (Å²) in [5.41, 5.74) is 1.78. The molecule has 1 aromatic heterocycles. The Hall–Kier alpha value is -1.56. The zero-order chi connectivity index (χ0) is 13.1. The van der Waals surface area contributed by atoms with Gasteiger partial charge in [0.2, 0.25) is 0 Å². The van der Waals surface area contributed by atoms with Crippen molar-refractivity contribution in [2.75, 3.05) is 26.3 Å². The molecule has 0 aliphatic carbocycles. The molecule has 1 saturated heterocycles. The second kappa shape index (κ2) is 5.39. The predicted octanol–water partition coefficient (Wildman–Crippen LogP) is 1.39. The average molecular weight is 253 g/mol. The highest BCUT2D eigenvalue weighted by Gasteiger charge is 2.22. The molecule has 1 unspecified atom stereocenters. The lowest BCUT2D eigenvalue weighted by Crippen LogP contribution is -2.46. The van der Waals surface area contributed by atoms with E-state index in [0.717, 1.165) is 17.0 Å². The summed E-state index contributed by atoms with van der Waals surface area (Å²) in [6.07, 6.45) is 0. The molecule has 1 aliphatic heterocycles. The molecule has 18 heavy (non-hydrogen) atoms. The van der Waals surface area contributed by atoms with Crippen molar-refractivity contribution in [1.29, 1.82) is 0 Å². The zero-order valence-corrected chi connectivity index (χ0v) is 11.0. The molecule has 6 nitrogen and oxygen atoms in total. The molecule has 1 N–H and O–H groups in total. The number of carbonyl (C=O) groups excluding carboxylic acids is 1. The zero-order valence-electron chi connectivity index (χ0n) is 11.0. The van der Waals surface area contributed by atoms with Crippen LogP contribution in [0.1, 0.15) is 30.0 Å². The van der Waals surface area contributed by atoms with E-state index in [0.29, 0.717) is 26.3 Å². The third-order valence-electron chi connectivity index (χ3n) is 3.16. The van der Waals surface area contributed by atoms with Gasteiger partial charge in [-0.1, -0.05) is 5.16 Å². The molecule has 2 rings (SSSR count). The fourth-order valence-corrected chi connectivity index (χ4v) is 2.22. The van der Waals surface area contributed by atoms with Crippen molar-refractivity contribution in [2.24, 2.45) is 0 Å². The Labute approximate surface area is 106 Å². The van der Waals surface area contributed by atoms with Gasteiger partial charge < -0.3 is 19.5 Å². The number of amides is 2. The maximum Gasteiger partial charge on any atom is 0.318 e. The van der Waals surface area contributed by atoms with Gasteiger partial charge in [-0.3, -0.25) is 0 Å². The first kappa shape index (κ1) is 12.9. The number of morpholine rings is 1. The van der Waals surface area contributed by atoms with E-state index in [1.54, 1.807) is 4.90 Å². The summed E-state index contributed by atoms with van der Waals surface area (Å²) < 4.78 is 10.3. The van der Waals surface area contributed by atoms with Gasteiger partial charge in [0.15, 0.2) is 0 Å². The molecule has 0 bridgehead atoms. The van der Waals surface area contributed by atoms with Crippen LogP contribution in [0.25, 0.3) is 0 Å². The number of hydrogen-bond donors (Lipinski definition) is 1. The second-order valence-electron chi connectivity index (χ2n) is 4.51. The van der Waals surface area contributed by atoms with Gasteiger partial charge in [0.05, 0.1) is 24.9 Å². The number of ether oxygens (including phenoxy) is 1. The van der Waals surface area contributed by atoms with Crippen molar-refractivity contribution in [3.63, 3.8) is 0 Å². The summed E-state index contributed by atoms with van der Waals surface area (Å²) in [5.74, 6) is 0.752. The molecule has 2 amide bonds. The number of aromatic nitrogens is 1. The summed E-state index contributed by atoms with van der Waals surface area (Å²) in [5, 5.41) is 6.86. The molecule has 1 aromatic rings. The average Bonchev–Trinajstić information content (AvgIpc) is 2.70. The summed E-state index contributed by atoms with van der Waals surface area (Å²) >= 11 is 0. The first-order valence-electron chi connectivity index (χ1n) is 6.15. The van der Waals surface area contributed by atoms with Crippen molar-refractivity contribution >= 4 is 6.03 Å². The molecule has 0 saturated carbocycles. The van der Waals surface area contributed by atoms with Crippen LogP contribution in [-0.4, -0.2) is 42.4 Å². The SMILES string of the molecule is Cc1noc(C)c1C(C)NC(=O)N1CCOCC1. The molecule has 6 heteroatoms. The molecular weight excluding hydrogens is 234 g/mol. The fourth-order valence-electron chi connectivity index (χ4n) is 2.22. The first-order chi connectivity index (χ1) is 8.59. The van der Waals surface area contributed by atoms with Crippen LogP contribution < -0.4 is 5.32 Å². The number of urea groups is 1. The van der Waals surface area contributed by atoms with Gasteiger partial charge >= 0.3 is 6.03 Å². The van der Waals surface area contributed by atoms with Crippen molar-refractivity contribution in [3.8, 4) is 0 Å². The third-order valence-corrected chi connectivity index (χ3v) is 3.16. The Balaban J connectivity index is 1.98. The fraction of sp³-hybridized carbons (Fsp3) is 0.667. The standard InChI is InChI=1S/C12H19N3O3/c1-8(11-9(2)14-18-10(11)3)13-12(16)15-4-6-17-7-5-15/h8H,4-7H2,1-3H3,(H,13,16). The number of nitrogens with one attached hydrogen (secondary N) is 1. The number of nitrogens with zero attached hydrogens (tertiary/aromatic N) is 2. The Bertz CT molecular complexity index is 405. The van der Waals surface area contributed by atoms with E-state index in [-0.39, 0.29) is 12.1 Å². The Morgan fingerprint density at radius 2 is 2.06 bits per heavy atom. The van der Waals surface area contributed by atoms with Crippen molar-refractivity contribution < 1.29 is 14.1 Å². The summed E-state index contributed by atoms with van der Waals surface area (Å²) in [7, 11) is 0. The minimum atomic E-state index is -0.105. The minimum absolute atomic E-state index is 0.0641.